The topological polar surface area (TPSA) is 69.0 Å². The number of hydrogen-bond acceptors (Lipinski definition) is 6. The molecular weight excluding hydrogens is 492 g/mol. The van der Waals surface area contributed by atoms with Gasteiger partial charge in [-0.3, -0.25) is 4.79 Å². The van der Waals surface area contributed by atoms with Crippen molar-refractivity contribution in [1.82, 2.24) is 14.8 Å². The Kier molecular flexibility index (Phi) is 7.13. The molecule has 0 amide bonds. The number of carbonyl (C=O) groups is 1. The first kappa shape index (κ1) is 24.9. The molecule has 2 heterocycles. The quantitative estimate of drug-likeness (QED) is 0.252. The van der Waals surface area contributed by atoms with Gasteiger partial charge in [0.1, 0.15) is 11.8 Å². The monoisotopic (exact) mass is 522 g/mol. The van der Waals surface area contributed by atoms with Gasteiger partial charge in [-0.2, -0.15) is 4.98 Å². The predicted octanol–water partition coefficient (Wildman–Crippen LogP) is 7.06. The van der Waals surface area contributed by atoms with Gasteiger partial charge in [0.15, 0.2) is 5.78 Å². The predicted molar refractivity (Wildman–Crippen MR) is 145 cm³/mol. The molecule has 6 nitrogen and oxygen atoms in total. The van der Waals surface area contributed by atoms with E-state index in [1.54, 1.807) is 0 Å². The Morgan fingerprint density at radius 1 is 1.17 bits per heavy atom. The van der Waals surface area contributed by atoms with E-state index < -0.39 is 0 Å². The molecule has 5 rings (SSSR count). The number of halogens is 1. The van der Waals surface area contributed by atoms with E-state index >= 15 is 0 Å². The van der Waals surface area contributed by atoms with Crippen molar-refractivity contribution in [2.45, 2.75) is 63.4 Å². The Morgan fingerprint density at radius 2 is 1.94 bits per heavy atom. The van der Waals surface area contributed by atoms with Gasteiger partial charge in [0.2, 0.25) is 11.1 Å². The van der Waals surface area contributed by atoms with Crippen molar-refractivity contribution in [3.8, 4) is 5.75 Å². The van der Waals surface area contributed by atoms with E-state index in [0.717, 1.165) is 52.4 Å². The highest BCUT2D eigenvalue weighted by atomic mass is 35.5. The number of thioether (sulfide) groups is 1. The van der Waals surface area contributed by atoms with Crippen molar-refractivity contribution < 1.29 is 9.53 Å². The number of Topliss-reactive ketones (excluding diaryl/α,β-unsaturated/α-hetero) is 1. The molecule has 0 bridgehead atoms. The van der Waals surface area contributed by atoms with Crippen LogP contribution in [0.2, 0.25) is 5.02 Å². The Balaban J connectivity index is 1.54. The maximum absolute atomic E-state index is 13.5. The molecule has 1 aliphatic carbocycles. The minimum atomic E-state index is -0.389. The Labute approximate surface area is 221 Å². The third-order valence-corrected chi connectivity index (χ3v) is 7.85. The van der Waals surface area contributed by atoms with Crippen LogP contribution in [0.1, 0.15) is 63.6 Å². The van der Waals surface area contributed by atoms with Crippen LogP contribution >= 0.6 is 23.4 Å². The number of nitrogens with one attached hydrogen (secondary N) is 1. The molecule has 2 aliphatic rings. The molecule has 2 aromatic carbocycles. The van der Waals surface area contributed by atoms with Crippen molar-refractivity contribution in [2.24, 2.45) is 5.41 Å². The van der Waals surface area contributed by atoms with E-state index in [-0.39, 0.29) is 17.2 Å². The first-order valence-corrected chi connectivity index (χ1v) is 13.8. The van der Waals surface area contributed by atoms with E-state index in [2.05, 4.69) is 26.1 Å². The highest BCUT2D eigenvalue weighted by molar-refractivity contribution is 7.98. The number of nitrogens with zero attached hydrogens (tertiary/aromatic N) is 3. The summed E-state index contributed by atoms with van der Waals surface area (Å²) >= 11 is 7.89. The van der Waals surface area contributed by atoms with Gasteiger partial charge in [-0.15, -0.1) is 5.10 Å². The van der Waals surface area contributed by atoms with Gasteiger partial charge in [0.05, 0.1) is 6.61 Å². The van der Waals surface area contributed by atoms with Crippen LogP contribution in [0.15, 0.2) is 65.0 Å². The third kappa shape index (κ3) is 5.04. The summed E-state index contributed by atoms with van der Waals surface area (Å²) in [6, 6.07) is 15.4. The van der Waals surface area contributed by atoms with Crippen molar-refractivity contribution in [3.05, 3.63) is 76.0 Å². The van der Waals surface area contributed by atoms with Crippen LogP contribution in [0.5, 0.6) is 5.75 Å². The van der Waals surface area contributed by atoms with Crippen molar-refractivity contribution >= 4 is 35.1 Å². The highest BCUT2D eigenvalue weighted by Crippen LogP contribution is 2.47. The average molecular weight is 523 g/mol. The third-order valence-electron chi connectivity index (χ3n) is 6.60. The second kappa shape index (κ2) is 10.3. The van der Waals surface area contributed by atoms with Crippen LogP contribution in [0, 0.1) is 5.41 Å². The fraction of sp³-hybridized carbons (Fsp3) is 0.393. The highest BCUT2D eigenvalue weighted by Gasteiger charge is 2.42. The lowest BCUT2D eigenvalue weighted by Crippen LogP contribution is -2.36. The summed E-state index contributed by atoms with van der Waals surface area (Å²) in [6.45, 7) is 7.05. The number of benzene rings is 2. The van der Waals surface area contributed by atoms with Gasteiger partial charge in [-0.1, -0.05) is 87.0 Å². The SMILES string of the molecule is CCCCOc1ccccc1C1C2=C(CC(C)(C)CC2=O)Nc2nc(SCc3ccccc3Cl)nn21. The smallest absolute Gasteiger partial charge is 0.227 e. The molecule has 1 N–H and O–H groups in total. The molecule has 8 heteroatoms. The number of ketones is 1. The maximum Gasteiger partial charge on any atom is 0.227 e. The number of rotatable bonds is 8. The summed E-state index contributed by atoms with van der Waals surface area (Å²) in [7, 11) is 0. The summed E-state index contributed by atoms with van der Waals surface area (Å²) in [5.74, 6) is 2.24. The zero-order valence-corrected chi connectivity index (χ0v) is 22.5. The van der Waals surface area contributed by atoms with Crippen molar-refractivity contribution in [1.29, 1.82) is 0 Å². The van der Waals surface area contributed by atoms with E-state index in [9.17, 15) is 4.79 Å². The molecule has 1 atom stereocenters. The van der Waals surface area contributed by atoms with Crippen molar-refractivity contribution in [3.63, 3.8) is 0 Å². The lowest BCUT2D eigenvalue weighted by molar-refractivity contribution is -0.118. The molecule has 0 fully saturated rings. The molecule has 1 unspecified atom stereocenters. The normalized spacial score (nSPS) is 18.4. The Bertz CT molecular complexity index is 1320. The van der Waals surface area contributed by atoms with Gasteiger partial charge >= 0.3 is 0 Å². The largest absolute Gasteiger partial charge is 0.493 e. The molecule has 0 saturated heterocycles. The standard InChI is InChI=1S/C28H31ClN4O2S/c1-4-5-14-35-23-13-9-7-11-19(23)25-24-21(15-28(2,3)16-22(24)34)30-26-31-27(32-33(25)26)36-17-18-10-6-8-12-20(18)29/h6-13,25H,4-5,14-17H2,1-3H3,(H,30,31,32). The van der Waals surface area contributed by atoms with Gasteiger partial charge in [0.25, 0.3) is 0 Å². The number of para-hydroxylation sites is 1. The first-order valence-electron chi connectivity index (χ1n) is 12.4. The van der Waals surface area contributed by atoms with Gasteiger partial charge in [-0.05, 0) is 36.0 Å². The van der Waals surface area contributed by atoms with E-state index in [1.807, 2.05) is 53.2 Å². The Morgan fingerprint density at radius 3 is 2.75 bits per heavy atom. The second-order valence-electron chi connectivity index (χ2n) is 10.1. The molecule has 0 saturated carbocycles. The minimum Gasteiger partial charge on any atom is -0.493 e. The van der Waals surface area contributed by atoms with Crippen LogP contribution in [0.3, 0.4) is 0 Å². The molecule has 36 heavy (non-hydrogen) atoms. The maximum atomic E-state index is 13.5. The second-order valence-corrected chi connectivity index (χ2v) is 11.5. The molecule has 1 aromatic heterocycles. The van der Waals surface area contributed by atoms with Crippen LogP contribution in [0.25, 0.3) is 0 Å². The van der Waals surface area contributed by atoms with E-state index in [4.69, 9.17) is 26.4 Å². The zero-order chi connectivity index (χ0) is 25.3. The first-order chi connectivity index (χ1) is 17.4. The fourth-order valence-corrected chi connectivity index (χ4v) is 5.97. The number of fused-ring (bicyclic) bond motifs is 1. The number of unbranched alkanes of at least 4 members (excludes halogenated alkanes) is 1. The van der Waals surface area contributed by atoms with Crippen LogP contribution < -0.4 is 10.1 Å². The Hall–Kier alpha value is -2.77. The lowest BCUT2D eigenvalue weighted by atomic mass is 9.73. The van der Waals surface area contributed by atoms with Crippen LogP contribution in [0.4, 0.5) is 5.95 Å². The van der Waals surface area contributed by atoms with Gasteiger partial charge in [0, 0.05) is 34.0 Å². The summed E-state index contributed by atoms with van der Waals surface area (Å²) in [6.07, 6.45) is 3.30. The molecule has 188 valence electrons. The van der Waals surface area contributed by atoms with Gasteiger partial charge < -0.3 is 10.1 Å². The molecule has 3 aromatic rings. The number of allylic oxidation sites excluding steroid dienone is 2. The summed E-state index contributed by atoms with van der Waals surface area (Å²) in [5, 5.41) is 9.70. The number of carbonyl (C=O) groups excluding carboxylic acids is 1. The number of ether oxygens (including phenoxy) is 1. The summed E-state index contributed by atoms with van der Waals surface area (Å²) < 4.78 is 8.04. The zero-order valence-electron chi connectivity index (χ0n) is 20.9. The van der Waals surface area contributed by atoms with Gasteiger partial charge in [-0.25, -0.2) is 4.68 Å². The lowest BCUT2D eigenvalue weighted by Gasteiger charge is -2.38. The minimum absolute atomic E-state index is 0.117. The van der Waals surface area contributed by atoms with E-state index in [1.165, 1.54) is 11.8 Å². The van der Waals surface area contributed by atoms with Crippen molar-refractivity contribution in [2.75, 3.05) is 11.9 Å². The number of hydrogen-bond donors (Lipinski definition) is 1. The molecule has 0 spiro atoms. The summed E-state index contributed by atoms with van der Waals surface area (Å²) in [4.78, 5) is 18.4. The molecule has 0 radical (unpaired) electrons. The number of anilines is 1. The summed E-state index contributed by atoms with van der Waals surface area (Å²) in [5.41, 5.74) is 3.55. The van der Waals surface area contributed by atoms with Crippen LogP contribution in [-0.4, -0.2) is 27.2 Å². The molecular formula is C28H31ClN4O2S. The fourth-order valence-electron chi connectivity index (χ4n) is 4.86. The van der Waals surface area contributed by atoms with Crippen LogP contribution in [-0.2, 0) is 10.5 Å². The van der Waals surface area contributed by atoms with E-state index in [0.29, 0.717) is 29.9 Å². The molecule has 1 aliphatic heterocycles. The average Bonchev–Trinajstić information content (AvgIpc) is 3.24. The number of aromatic nitrogens is 3.